The van der Waals surface area contributed by atoms with E-state index in [2.05, 4.69) is 10.2 Å². The summed E-state index contributed by atoms with van der Waals surface area (Å²) in [5.41, 5.74) is 2.21. The first-order chi connectivity index (χ1) is 18.7. The fourth-order valence-corrected chi connectivity index (χ4v) is 5.65. The molecule has 3 heterocycles. The van der Waals surface area contributed by atoms with Crippen molar-refractivity contribution in [3.8, 4) is 17.2 Å². The standard InChI is InChI=1S/C28H31ClN4O6/c1-15(2)26-30-31-27-22(14-23(34)32-12-6-8-20(32)28(35)36)39-24(17-7-5-9-21(37-3)25(17)38-4)18-13-16(29)10-11-19(18)33(26)27/h5,7,9-11,13,15,20,22,24H,6,8,12,14H2,1-4H3,(H,35,36)/t20-,22?,24?/m0/s1. The van der Waals surface area contributed by atoms with Gasteiger partial charge in [-0.2, -0.15) is 0 Å². The van der Waals surface area contributed by atoms with Crippen LogP contribution >= 0.6 is 11.6 Å². The van der Waals surface area contributed by atoms with Crippen molar-refractivity contribution in [2.45, 2.75) is 57.3 Å². The number of carboxylic acid groups (broad SMARTS) is 1. The molecule has 1 N–H and O–H groups in total. The minimum Gasteiger partial charge on any atom is -0.493 e. The third kappa shape index (κ3) is 4.83. The number of hydrogen-bond acceptors (Lipinski definition) is 7. The van der Waals surface area contributed by atoms with Crippen molar-refractivity contribution in [3.63, 3.8) is 0 Å². The Bertz CT molecular complexity index is 1410. The number of carbonyl (C=O) groups is 2. The number of aliphatic carboxylic acids is 1. The number of hydrogen-bond donors (Lipinski definition) is 1. The van der Waals surface area contributed by atoms with Crippen molar-refractivity contribution in [2.75, 3.05) is 20.8 Å². The summed E-state index contributed by atoms with van der Waals surface area (Å²) in [5.74, 6) is 0.892. The Morgan fingerprint density at radius 3 is 2.64 bits per heavy atom. The van der Waals surface area contributed by atoms with Gasteiger partial charge in [0.25, 0.3) is 0 Å². The molecule has 2 aromatic carbocycles. The highest BCUT2D eigenvalue weighted by molar-refractivity contribution is 6.30. The van der Waals surface area contributed by atoms with Gasteiger partial charge in [0.1, 0.15) is 24.1 Å². The van der Waals surface area contributed by atoms with Crippen molar-refractivity contribution >= 4 is 23.5 Å². The van der Waals surface area contributed by atoms with Crippen LogP contribution in [-0.4, -0.2) is 63.5 Å². The van der Waals surface area contributed by atoms with Crippen LogP contribution in [0.3, 0.4) is 0 Å². The molecule has 1 amide bonds. The first-order valence-electron chi connectivity index (χ1n) is 12.9. The summed E-state index contributed by atoms with van der Waals surface area (Å²) in [6.45, 7) is 4.42. The second-order valence-corrected chi connectivity index (χ2v) is 10.4. The smallest absolute Gasteiger partial charge is 0.326 e. The predicted octanol–water partition coefficient (Wildman–Crippen LogP) is 4.69. The molecule has 0 aliphatic carbocycles. The Kier molecular flexibility index (Phi) is 7.51. The van der Waals surface area contributed by atoms with Crippen molar-refractivity contribution < 1.29 is 28.9 Å². The zero-order valence-corrected chi connectivity index (χ0v) is 23.0. The number of benzene rings is 2. The number of methoxy groups -OCH3 is 2. The highest BCUT2D eigenvalue weighted by atomic mass is 35.5. The van der Waals surface area contributed by atoms with Crippen LogP contribution in [0.15, 0.2) is 36.4 Å². The Hall–Kier alpha value is -3.63. The van der Waals surface area contributed by atoms with Gasteiger partial charge in [-0.1, -0.05) is 37.6 Å². The zero-order chi connectivity index (χ0) is 27.8. The second-order valence-electron chi connectivity index (χ2n) is 9.98. The molecule has 1 fully saturated rings. The number of ether oxygens (including phenoxy) is 3. The molecule has 5 rings (SSSR count). The number of amides is 1. The van der Waals surface area contributed by atoms with E-state index in [9.17, 15) is 14.7 Å². The number of para-hydroxylation sites is 1. The summed E-state index contributed by atoms with van der Waals surface area (Å²) in [6.07, 6.45) is -0.592. The minimum atomic E-state index is -1.01. The van der Waals surface area contributed by atoms with Gasteiger partial charge in [-0.25, -0.2) is 4.79 Å². The van der Waals surface area contributed by atoms with Gasteiger partial charge >= 0.3 is 5.97 Å². The maximum Gasteiger partial charge on any atom is 0.326 e. The lowest BCUT2D eigenvalue weighted by atomic mass is 9.98. The number of nitrogens with zero attached hydrogens (tertiary/aromatic N) is 4. The number of carboxylic acids is 1. The Morgan fingerprint density at radius 2 is 1.95 bits per heavy atom. The van der Waals surface area contributed by atoms with E-state index in [1.54, 1.807) is 26.4 Å². The summed E-state index contributed by atoms with van der Waals surface area (Å²) in [6, 6.07) is 10.2. The zero-order valence-electron chi connectivity index (χ0n) is 22.3. The van der Waals surface area contributed by atoms with Crippen LogP contribution in [0.2, 0.25) is 5.02 Å². The normalized spacial score (nSPS) is 20.4. The van der Waals surface area contributed by atoms with E-state index >= 15 is 0 Å². The van der Waals surface area contributed by atoms with Crippen molar-refractivity contribution in [1.82, 2.24) is 19.7 Å². The summed E-state index contributed by atoms with van der Waals surface area (Å²) in [5, 5.41) is 19.1. The topological polar surface area (TPSA) is 116 Å². The van der Waals surface area contributed by atoms with Crippen LogP contribution in [0.4, 0.5) is 0 Å². The molecule has 10 nitrogen and oxygen atoms in total. The molecule has 206 valence electrons. The monoisotopic (exact) mass is 554 g/mol. The molecule has 3 aromatic rings. The number of halogens is 1. The lowest BCUT2D eigenvalue weighted by Crippen LogP contribution is -2.41. The van der Waals surface area contributed by atoms with Gasteiger partial charge in [0.15, 0.2) is 17.3 Å². The Morgan fingerprint density at radius 1 is 1.15 bits per heavy atom. The molecule has 0 radical (unpaired) electrons. The molecule has 39 heavy (non-hydrogen) atoms. The molecule has 1 aromatic heterocycles. The third-order valence-electron chi connectivity index (χ3n) is 7.26. The van der Waals surface area contributed by atoms with E-state index in [1.165, 1.54) is 4.90 Å². The van der Waals surface area contributed by atoms with Gasteiger partial charge in [-0.05, 0) is 37.1 Å². The third-order valence-corrected chi connectivity index (χ3v) is 7.50. The average Bonchev–Trinajstić information content (AvgIpc) is 3.56. The van der Waals surface area contributed by atoms with Crippen LogP contribution in [0, 0.1) is 0 Å². The molecule has 11 heteroatoms. The number of rotatable bonds is 7. The van der Waals surface area contributed by atoms with E-state index in [0.29, 0.717) is 53.1 Å². The molecule has 0 bridgehead atoms. The van der Waals surface area contributed by atoms with Crippen LogP contribution in [0.25, 0.3) is 5.69 Å². The number of likely N-dealkylation sites (tertiary alicyclic amines) is 1. The number of carbonyl (C=O) groups excluding carboxylic acids is 1. The van der Waals surface area contributed by atoms with Crippen LogP contribution in [0.1, 0.15) is 74.0 Å². The van der Waals surface area contributed by atoms with Crippen LogP contribution in [0.5, 0.6) is 11.5 Å². The number of fused-ring (bicyclic) bond motifs is 3. The van der Waals surface area contributed by atoms with Gasteiger partial charge in [0.05, 0.1) is 26.3 Å². The molecular weight excluding hydrogens is 524 g/mol. The van der Waals surface area contributed by atoms with Gasteiger partial charge in [-0.3, -0.25) is 9.36 Å². The Balaban J connectivity index is 1.67. The van der Waals surface area contributed by atoms with Gasteiger partial charge < -0.3 is 24.2 Å². The maximum atomic E-state index is 13.5. The largest absolute Gasteiger partial charge is 0.493 e. The van der Waals surface area contributed by atoms with Gasteiger partial charge in [0.2, 0.25) is 5.91 Å². The van der Waals surface area contributed by atoms with E-state index in [4.69, 9.17) is 25.8 Å². The minimum absolute atomic E-state index is 0.0176. The van der Waals surface area contributed by atoms with E-state index < -0.39 is 24.2 Å². The lowest BCUT2D eigenvalue weighted by molar-refractivity contribution is -0.149. The molecule has 1 saturated heterocycles. The van der Waals surface area contributed by atoms with E-state index in [-0.39, 0.29) is 18.2 Å². The summed E-state index contributed by atoms with van der Waals surface area (Å²) >= 11 is 6.50. The lowest BCUT2D eigenvalue weighted by Gasteiger charge is -2.27. The summed E-state index contributed by atoms with van der Waals surface area (Å²) in [4.78, 5) is 26.8. The van der Waals surface area contributed by atoms with E-state index in [0.717, 1.165) is 11.3 Å². The summed E-state index contributed by atoms with van der Waals surface area (Å²) < 4.78 is 20.0. The fraction of sp³-hybridized carbons (Fsp3) is 0.429. The number of aromatic nitrogens is 3. The highest BCUT2D eigenvalue weighted by Crippen LogP contribution is 2.46. The SMILES string of the molecule is COc1cccc(C2OC(CC(=O)N3CCC[C@H]3C(=O)O)c3nnc(C(C)C)n3-c3ccc(Cl)cc32)c1OC. The summed E-state index contributed by atoms with van der Waals surface area (Å²) in [7, 11) is 3.12. The molecular formula is C28H31ClN4O6. The van der Waals surface area contributed by atoms with Crippen LogP contribution in [-0.2, 0) is 14.3 Å². The maximum absolute atomic E-state index is 13.5. The highest BCUT2D eigenvalue weighted by Gasteiger charge is 2.40. The second kappa shape index (κ2) is 10.9. The quantitative estimate of drug-likeness (QED) is 0.447. The van der Waals surface area contributed by atoms with Gasteiger partial charge in [0, 0.05) is 28.6 Å². The Labute approximate surface area is 231 Å². The van der Waals surface area contributed by atoms with Crippen LogP contribution < -0.4 is 9.47 Å². The predicted molar refractivity (Wildman–Crippen MR) is 143 cm³/mol. The van der Waals surface area contributed by atoms with E-state index in [1.807, 2.05) is 42.7 Å². The molecule has 2 unspecified atom stereocenters. The fourth-order valence-electron chi connectivity index (χ4n) is 5.47. The van der Waals surface area contributed by atoms with Crippen molar-refractivity contribution in [2.24, 2.45) is 0 Å². The molecule has 2 aliphatic rings. The first kappa shape index (κ1) is 27.0. The molecule has 0 saturated carbocycles. The molecule has 2 aliphatic heterocycles. The molecule has 3 atom stereocenters. The van der Waals surface area contributed by atoms with Gasteiger partial charge in [-0.15, -0.1) is 10.2 Å². The van der Waals surface area contributed by atoms with Crippen molar-refractivity contribution in [1.29, 1.82) is 0 Å². The molecule has 0 spiro atoms. The first-order valence-corrected chi connectivity index (χ1v) is 13.3. The van der Waals surface area contributed by atoms with Crippen molar-refractivity contribution in [3.05, 3.63) is 64.2 Å². The average molecular weight is 555 g/mol.